The molecule has 0 radical (unpaired) electrons. The third kappa shape index (κ3) is 2.83. The summed E-state index contributed by atoms with van der Waals surface area (Å²) in [6, 6.07) is 14.7. The van der Waals surface area contributed by atoms with Gasteiger partial charge in [0, 0.05) is 11.8 Å². The van der Waals surface area contributed by atoms with Crippen LogP contribution in [0.2, 0.25) is 0 Å². The predicted octanol–water partition coefficient (Wildman–Crippen LogP) is 5.83. The molecule has 2 aromatic heterocycles. The average Bonchev–Trinajstić information content (AvgIpc) is 3.02. The van der Waals surface area contributed by atoms with Crippen molar-refractivity contribution in [2.45, 2.75) is 0 Å². The highest BCUT2D eigenvalue weighted by molar-refractivity contribution is 5.74. The van der Waals surface area contributed by atoms with Crippen LogP contribution in [-0.2, 0) is 0 Å². The Hall–Kier alpha value is -3.48. The van der Waals surface area contributed by atoms with Crippen LogP contribution in [0, 0.1) is 17.5 Å². The maximum absolute atomic E-state index is 13.8. The smallest absolute Gasteiger partial charge is 0.187 e. The monoisotopic (exact) mass is 352 g/mol. The second kappa shape index (κ2) is 6.44. The predicted molar refractivity (Wildman–Crippen MR) is 91.1 cm³/mol. The fraction of sp³-hybridized carbons (Fsp3) is 0. The van der Waals surface area contributed by atoms with E-state index in [2.05, 4.69) is 15.2 Å². The van der Waals surface area contributed by atoms with Gasteiger partial charge >= 0.3 is 0 Å². The van der Waals surface area contributed by atoms with E-state index in [0.29, 0.717) is 16.9 Å². The Morgan fingerprint density at radius 1 is 0.769 bits per heavy atom. The highest BCUT2D eigenvalue weighted by atomic mass is 19.2. The SMILES string of the molecule is Fc1ccc(-c2nc3ccccn3c2N=Nc2ccccc2F)cc1F. The molecule has 2 heterocycles. The molecule has 0 saturated heterocycles. The average molecular weight is 352 g/mol. The summed E-state index contributed by atoms with van der Waals surface area (Å²) in [6.45, 7) is 0. The van der Waals surface area contributed by atoms with Crippen LogP contribution in [0.5, 0.6) is 0 Å². The number of hydrogen-bond donors (Lipinski definition) is 0. The fourth-order valence-electron chi connectivity index (χ4n) is 2.55. The maximum Gasteiger partial charge on any atom is 0.187 e. The minimum atomic E-state index is -0.989. The van der Waals surface area contributed by atoms with E-state index in [9.17, 15) is 13.2 Å². The summed E-state index contributed by atoms with van der Waals surface area (Å²) < 4.78 is 42.3. The van der Waals surface area contributed by atoms with E-state index in [4.69, 9.17) is 0 Å². The van der Waals surface area contributed by atoms with Crippen molar-refractivity contribution >= 4 is 17.2 Å². The Kier molecular flexibility index (Phi) is 3.96. The summed E-state index contributed by atoms with van der Waals surface area (Å²) >= 11 is 0. The Morgan fingerprint density at radius 3 is 2.38 bits per heavy atom. The molecule has 0 amide bonds. The number of halogens is 3. The van der Waals surface area contributed by atoms with Crippen LogP contribution in [0.4, 0.5) is 24.7 Å². The molecule has 0 aliphatic carbocycles. The molecule has 0 fully saturated rings. The van der Waals surface area contributed by atoms with Crippen molar-refractivity contribution in [1.82, 2.24) is 9.38 Å². The van der Waals surface area contributed by atoms with E-state index in [1.165, 1.54) is 18.2 Å². The van der Waals surface area contributed by atoms with Gasteiger partial charge in [0.15, 0.2) is 23.3 Å². The minimum Gasteiger partial charge on any atom is -0.283 e. The van der Waals surface area contributed by atoms with Gasteiger partial charge < -0.3 is 0 Å². The molecular formula is C19H11F3N4. The summed E-state index contributed by atoms with van der Waals surface area (Å²) in [5.74, 6) is -2.17. The molecule has 7 heteroatoms. The van der Waals surface area contributed by atoms with Crippen LogP contribution in [0.15, 0.2) is 77.1 Å². The first kappa shape index (κ1) is 16.0. The number of fused-ring (bicyclic) bond motifs is 1. The zero-order valence-corrected chi connectivity index (χ0v) is 13.3. The third-order valence-electron chi connectivity index (χ3n) is 3.80. The topological polar surface area (TPSA) is 42.0 Å². The zero-order chi connectivity index (χ0) is 18.1. The quantitative estimate of drug-likeness (QED) is 0.428. The van der Waals surface area contributed by atoms with Gasteiger partial charge in [0.25, 0.3) is 0 Å². The fourth-order valence-corrected chi connectivity index (χ4v) is 2.55. The van der Waals surface area contributed by atoms with Crippen LogP contribution in [0.3, 0.4) is 0 Å². The molecule has 0 saturated carbocycles. The molecule has 0 N–H and O–H groups in total. The number of nitrogens with zero attached hydrogens (tertiary/aromatic N) is 4. The second-order valence-electron chi connectivity index (χ2n) is 5.49. The number of rotatable bonds is 3. The van der Waals surface area contributed by atoms with E-state index >= 15 is 0 Å². The molecule has 0 bridgehead atoms. The lowest BCUT2D eigenvalue weighted by molar-refractivity contribution is 0.509. The lowest BCUT2D eigenvalue weighted by Crippen LogP contribution is -1.86. The highest BCUT2D eigenvalue weighted by Crippen LogP contribution is 2.33. The number of imidazole rings is 1. The number of benzene rings is 2. The van der Waals surface area contributed by atoms with Gasteiger partial charge in [-0.1, -0.05) is 18.2 Å². The molecule has 0 spiro atoms. The molecule has 2 aromatic carbocycles. The zero-order valence-electron chi connectivity index (χ0n) is 13.3. The largest absolute Gasteiger partial charge is 0.283 e. The van der Waals surface area contributed by atoms with Gasteiger partial charge in [0.1, 0.15) is 17.0 Å². The second-order valence-corrected chi connectivity index (χ2v) is 5.49. The number of pyridine rings is 1. The van der Waals surface area contributed by atoms with Crippen molar-refractivity contribution in [3.63, 3.8) is 0 Å². The maximum atomic E-state index is 13.8. The van der Waals surface area contributed by atoms with Gasteiger partial charge in [-0.3, -0.25) is 4.40 Å². The van der Waals surface area contributed by atoms with Gasteiger partial charge in [-0.05, 0) is 42.5 Å². The molecule has 26 heavy (non-hydrogen) atoms. The Morgan fingerprint density at radius 2 is 1.58 bits per heavy atom. The van der Waals surface area contributed by atoms with Crippen LogP contribution < -0.4 is 0 Å². The molecule has 0 aliphatic heterocycles. The number of hydrogen-bond acceptors (Lipinski definition) is 3. The Labute approximate surface area is 146 Å². The summed E-state index contributed by atoms with van der Waals surface area (Å²) in [6.07, 6.45) is 1.71. The van der Waals surface area contributed by atoms with Crippen LogP contribution in [-0.4, -0.2) is 9.38 Å². The van der Waals surface area contributed by atoms with Gasteiger partial charge in [0.05, 0.1) is 0 Å². The first-order valence-electron chi connectivity index (χ1n) is 7.72. The Balaban J connectivity index is 1.89. The van der Waals surface area contributed by atoms with Gasteiger partial charge in [0.2, 0.25) is 0 Å². The van der Waals surface area contributed by atoms with Crippen LogP contribution in [0.25, 0.3) is 16.9 Å². The van der Waals surface area contributed by atoms with Crippen molar-refractivity contribution in [2.24, 2.45) is 10.2 Å². The van der Waals surface area contributed by atoms with Crippen molar-refractivity contribution < 1.29 is 13.2 Å². The van der Waals surface area contributed by atoms with E-state index in [1.807, 2.05) is 0 Å². The Bertz CT molecular complexity index is 1130. The van der Waals surface area contributed by atoms with Crippen molar-refractivity contribution in [3.05, 3.63) is 84.3 Å². The third-order valence-corrected chi connectivity index (χ3v) is 3.80. The standard InChI is InChI=1S/C19H11F3N4/c20-13-9-8-12(11-15(13)22)18-19(26-10-4-3-7-17(26)23-18)25-24-16-6-2-1-5-14(16)21/h1-11H. The van der Waals surface area contributed by atoms with E-state index in [1.54, 1.807) is 40.9 Å². The number of azo groups is 1. The minimum absolute atomic E-state index is 0.0645. The molecule has 0 atom stereocenters. The summed E-state index contributed by atoms with van der Waals surface area (Å²) in [4.78, 5) is 4.41. The van der Waals surface area contributed by atoms with Crippen molar-refractivity contribution in [2.75, 3.05) is 0 Å². The van der Waals surface area contributed by atoms with Crippen LogP contribution >= 0.6 is 0 Å². The van der Waals surface area contributed by atoms with Crippen LogP contribution in [0.1, 0.15) is 0 Å². The summed E-state index contributed by atoms with van der Waals surface area (Å²) in [7, 11) is 0. The first-order valence-corrected chi connectivity index (χ1v) is 7.72. The lowest BCUT2D eigenvalue weighted by Gasteiger charge is -2.01. The van der Waals surface area contributed by atoms with E-state index in [-0.39, 0.29) is 11.5 Å². The normalized spacial score (nSPS) is 11.5. The number of aromatic nitrogens is 2. The first-order chi connectivity index (χ1) is 12.6. The molecule has 0 unspecified atom stereocenters. The van der Waals surface area contributed by atoms with Gasteiger partial charge in [-0.15, -0.1) is 10.2 Å². The van der Waals surface area contributed by atoms with Crippen molar-refractivity contribution in [1.29, 1.82) is 0 Å². The molecular weight excluding hydrogens is 341 g/mol. The van der Waals surface area contributed by atoms with Crippen molar-refractivity contribution in [3.8, 4) is 11.3 Å². The molecule has 128 valence electrons. The van der Waals surface area contributed by atoms with Gasteiger partial charge in [-0.2, -0.15) is 0 Å². The molecule has 4 aromatic rings. The van der Waals surface area contributed by atoms with E-state index < -0.39 is 17.5 Å². The van der Waals surface area contributed by atoms with E-state index in [0.717, 1.165) is 12.1 Å². The molecule has 4 nitrogen and oxygen atoms in total. The summed E-state index contributed by atoms with van der Waals surface area (Å²) in [5, 5.41) is 8.07. The lowest BCUT2D eigenvalue weighted by atomic mass is 10.1. The molecule has 4 rings (SSSR count). The highest BCUT2D eigenvalue weighted by Gasteiger charge is 2.15. The molecule has 0 aliphatic rings. The summed E-state index contributed by atoms with van der Waals surface area (Å²) in [5.41, 5.74) is 1.27. The van der Waals surface area contributed by atoms with Gasteiger partial charge in [-0.25, -0.2) is 18.2 Å².